The van der Waals surface area contributed by atoms with Gasteiger partial charge in [-0.15, -0.1) is 0 Å². The van der Waals surface area contributed by atoms with Gasteiger partial charge in [-0.3, -0.25) is 14.5 Å². The molecule has 29 heavy (non-hydrogen) atoms. The van der Waals surface area contributed by atoms with Gasteiger partial charge in [0.25, 0.3) is 5.91 Å². The number of benzene rings is 1. The Morgan fingerprint density at radius 2 is 1.83 bits per heavy atom. The molecule has 4 amide bonds. The highest BCUT2D eigenvalue weighted by atomic mass is 16.2. The SMILES string of the molecule is CC1CCC2(CC1)NC(=O)N(CC(=O)Nc1ccc(C(C)C)cc1C(C)C)C2=O. The molecule has 0 aromatic heterocycles. The first-order chi connectivity index (χ1) is 13.6. The first-order valence-corrected chi connectivity index (χ1v) is 10.7. The largest absolute Gasteiger partial charge is 0.325 e. The summed E-state index contributed by atoms with van der Waals surface area (Å²) in [6, 6.07) is 5.59. The van der Waals surface area contributed by atoms with Crippen molar-refractivity contribution >= 4 is 23.5 Å². The van der Waals surface area contributed by atoms with E-state index in [4.69, 9.17) is 0 Å². The van der Waals surface area contributed by atoms with Crippen LogP contribution < -0.4 is 10.6 Å². The van der Waals surface area contributed by atoms with Crippen LogP contribution in [-0.4, -0.2) is 34.8 Å². The molecule has 1 heterocycles. The minimum absolute atomic E-state index is 0.244. The average Bonchev–Trinajstić information content (AvgIpc) is 2.88. The maximum atomic E-state index is 12.9. The zero-order chi connectivity index (χ0) is 21.3. The molecule has 0 radical (unpaired) electrons. The Morgan fingerprint density at radius 3 is 2.41 bits per heavy atom. The Bertz CT molecular complexity index is 808. The molecule has 1 spiro atoms. The molecule has 1 aliphatic carbocycles. The molecule has 2 aliphatic rings. The van der Waals surface area contributed by atoms with Gasteiger partial charge in [0.2, 0.25) is 5.91 Å². The predicted molar refractivity (Wildman–Crippen MR) is 114 cm³/mol. The quantitative estimate of drug-likeness (QED) is 0.722. The Kier molecular flexibility index (Phi) is 6.01. The third-order valence-electron chi connectivity index (χ3n) is 6.31. The van der Waals surface area contributed by atoms with Crippen molar-refractivity contribution in [2.45, 2.75) is 77.7 Å². The number of imide groups is 1. The van der Waals surface area contributed by atoms with Crippen LogP contribution in [0.2, 0.25) is 0 Å². The van der Waals surface area contributed by atoms with Crippen molar-refractivity contribution in [3.05, 3.63) is 29.3 Å². The van der Waals surface area contributed by atoms with E-state index in [0.29, 0.717) is 24.7 Å². The molecular weight excluding hydrogens is 366 g/mol. The molecule has 0 bridgehead atoms. The van der Waals surface area contributed by atoms with Crippen LogP contribution in [0.1, 0.15) is 83.3 Å². The molecule has 2 N–H and O–H groups in total. The minimum Gasteiger partial charge on any atom is -0.324 e. The van der Waals surface area contributed by atoms with E-state index >= 15 is 0 Å². The van der Waals surface area contributed by atoms with E-state index in [1.165, 1.54) is 5.56 Å². The molecule has 0 atom stereocenters. The van der Waals surface area contributed by atoms with Crippen LogP contribution in [-0.2, 0) is 9.59 Å². The van der Waals surface area contributed by atoms with E-state index in [0.717, 1.165) is 29.0 Å². The zero-order valence-corrected chi connectivity index (χ0v) is 18.2. The summed E-state index contributed by atoms with van der Waals surface area (Å²) in [5.41, 5.74) is 2.20. The number of carbonyl (C=O) groups excluding carboxylic acids is 3. The number of amides is 4. The van der Waals surface area contributed by atoms with Crippen LogP contribution in [0.3, 0.4) is 0 Å². The number of anilines is 1. The van der Waals surface area contributed by atoms with E-state index in [-0.39, 0.29) is 24.3 Å². The summed E-state index contributed by atoms with van der Waals surface area (Å²) in [5, 5.41) is 5.78. The molecule has 1 saturated carbocycles. The predicted octanol–water partition coefficient (Wildman–Crippen LogP) is 4.37. The minimum atomic E-state index is -0.814. The van der Waals surface area contributed by atoms with Gasteiger partial charge in [0.1, 0.15) is 12.1 Å². The van der Waals surface area contributed by atoms with Gasteiger partial charge < -0.3 is 10.6 Å². The first kappa shape index (κ1) is 21.3. The fourth-order valence-electron chi connectivity index (χ4n) is 4.28. The van der Waals surface area contributed by atoms with Gasteiger partial charge in [0.15, 0.2) is 0 Å². The molecule has 3 rings (SSSR count). The number of nitrogens with zero attached hydrogens (tertiary/aromatic N) is 1. The Hall–Kier alpha value is -2.37. The lowest BCUT2D eigenvalue weighted by Gasteiger charge is -2.33. The number of rotatable bonds is 5. The molecule has 1 saturated heterocycles. The van der Waals surface area contributed by atoms with Crippen molar-refractivity contribution < 1.29 is 14.4 Å². The maximum Gasteiger partial charge on any atom is 0.325 e. The highest BCUT2D eigenvalue weighted by Gasteiger charge is 2.52. The molecule has 2 fully saturated rings. The van der Waals surface area contributed by atoms with Crippen molar-refractivity contribution in [1.82, 2.24) is 10.2 Å². The fourth-order valence-corrected chi connectivity index (χ4v) is 4.28. The number of urea groups is 1. The van der Waals surface area contributed by atoms with E-state index in [1.807, 2.05) is 12.1 Å². The summed E-state index contributed by atoms with van der Waals surface area (Å²) in [5.74, 6) is 0.592. The van der Waals surface area contributed by atoms with E-state index in [1.54, 1.807) is 0 Å². The van der Waals surface area contributed by atoms with Crippen LogP contribution in [0.15, 0.2) is 18.2 Å². The van der Waals surface area contributed by atoms with Crippen molar-refractivity contribution in [1.29, 1.82) is 0 Å². The summed E-state index contributed by atoms with van der Waals surface area (Å²) in [7, 11) is 0. The van der Waals surface area contributed by atoms with Gasteiger partial charge in [0.05, 0.1) is 0 Å². The second kappa shape index (κ2) is 8.17. The monoisotopic (exact) mass is 399 g/mol. The van der Waals surface area contributed by atoms with Crippen LogP contribution >= 0.6 is 0 Å². The smallest absolute Gasteiger partial charge is 0.324 e. The topological polar surface area (TPSA) is 78.5 Å². The Morgan fingerprint density at radius 1 is 1.17 bits per heavy atom. The molecule has 1 aromatic rings. The van der Waals surface area contributed by atoms with E-state index < -0.39 is 11.6 Å². The molecular formula is C23H33N3O3. The van der Waals surface area contributed by atoms with E-state index in [2.05, 4.69) is 51.3 Å². The van der Waals surface area contributed by atoms with Crippen molar-refractivity contribution in [2.75, 3.05) is 11.9 Å². The maximum absolute atomic E-state index is 12.9. The summed E-state index contributed by atoms with van der Waals surface area (Å²) in [4.78, 5) is 39.1. The molecule has 6 nitrogen and oxygen atoms in total. The molecule has 6 heteroatoms. The molecule has 1 aliphatic heterocycles. The average molecular weight is 400 g/mol. The van der Waals surface area contributed by atoms with Gasteiger partial charge in [-0.2, -0.15) is 0 Å². The van der Waals surface area contributed by atoms with Gasteiger partial charge in [-0.05, 0) is 60.6 Å². The lowest BCUT2D eigenvalue weighted by Crippen LogP contribution is -2.49. The number of hydrogen-bond acceptors (Lipinski definition) is 3. The third kappa shape index (κ3) is 4.31. The van der Waals surface area contributed by atoms with E-state index in [9.17, 15) is 14.4 Å². The summed E-state index contributed by atoms with van der Waals surface area (Å²) in [6.07, 6.45) is 3.11. The number of nitrogens with one attached hydrogen (secondary N) is 2. The van der Waals surface area contributed by atoms with Crippen LogP contribution in [0.5, 0.6) is 0 Å². The van der Waals surface area contributed by atoms with Gasteiger partial charge in [-0.25, -0.2) is 4.79 Å². The first-order valence-electron chi connectivity index (χ1n) is 10.7. The summed E-state index contributed by atoms with van der Waals surface area (Å²) in [6.45, 7) is 10.3. The highest BCUT2D eigenvalue weighted by molar-refractivity contribution is 6.10. The van der Waals surface area contributed by atoms with Gasteiger partial charge in [0, 0.05) is 5.69 Å². The standard InChI is InChI=1S/C23H33N3O3/c1-14(2)17-6-7-19(18(12-17)15(3)4)24-20(27)13-26-21(28)23(25-22(26)29)10-8-16(5)9-11-23/h6-7,12,14-16H,8-11,13H2,1-5H3,(H,24,27)(H,25,29). The van der Waals surface area contributed by atoms with Crippen LogP contribution in [0, 0.1) is 5.92 Å². The lowest BCUT2D eigenvalue weighted by molar-refractivity contribution is -0.135. The zero-order valence-electron chi connectivity index (χ0n) is 18.2. The van der Waals surface area contributed by atoms with Crippen LogP contribution in [0.25, 0.3) is 0 Å². The molecule has 0 unspecified atom stereocenters. The number of carbonyl (C=O) groups is 3. The molecule has 158 valence electrons. The Balaban J connectivity index is 1.71. The fraction of sp³-hybridized carbons (Fsp3) is 0.609. The van der Waals surface area contributed by atoms with Gasteiger partial charge >= 0.3 is 6.03 Å². The summed E-state index contributed by atoms with van der Waals surface area (Å²) >= 11 is 0. The third-order valence-corrected chi connectivity index (χ3v) is 6.31. The highest BCUT2D eigenvalue weighted by Crippen LogP contribution is 2.36. The normalized spacial score (nSPS) is 24.5. The second-order valence-corrected chi connectivity index (χ2v) is 9.29. The summed E-state index contributed by atoms with van der Waals surface area (Å²) < 4.78 is 0. The van der Waals surface area contributed by atoms with Crippen LogP contribution in [0.4, 0.5) is 10.5 Å². The Labute approximate surface area is 173 Å². The van der Waals surface area contributed by atoms with Gasteiger partial charge in [-0.1, -0.05) is 46.8 Å². The van der Waals surface area contributed by atoms with Crippen molar-refractivity contribution in [2.24, 2.45) is 5.92 Å². The number of hydrogen-bond donors (Lipinski definition) is 2. The lowest BCUT2D eigenvalue weighted by atomic mass is 9.77. The van der Waals surface area contributed by atoms with Crippen molar-refractivity contribution in [3.63, 3.8) is 0 Å². The second-order valence-electron chi connectivity index (χ2n) is 9.29. The van der Waals surface area contributed by atoms with Crippen molar-refractivity contribution in [3.8, 4) is 0 Å². The molecule has 1 aromatic carbocycles.